The lowest BCUT2D eigenvalue weighted by atomic mass is 9.68. The van der Waals surface area contributed by atoms with E-state index in [0.29, 0.717) is 48.3 Å². The molecule has 10 aromatic carbocycles. The van der Waals surface area contributed by atoms with Gasteiger partial charge in [-0.2, -0.15) is 4.58 Å². The molecule has 5 aliphatic carbocycles. The lowest BCUT2D eigenvalue weighted by molar-refractivity contribution is -0.850. The van der Waals surface area contributed by atoms with Crippen LogP contribution < -0.4 is 61.0 Å². The Kier molecular flexibility index (Phi) is 34.9. The van der Waals surface area contributed by atoms with Crippen LogP contribution in [-0.4, -0.2) is 140 Å². The van der Waals surface area contributed by atoms with Crippen molar-refractivity contribution in [2.24, 2.45) is 0 Å². The molecule has 6 atom stereocenters. The van der Waals surface area contributed by atoms with Crippen LogP contribution in [0.1, 0.15) is 181 Å². The van der Waals surface area contributed by atoms with Crippen molar-refractivity contribution in [3.8, 4) is 5.75 Å². The number of quaternary nitrogens is 1. The van der Waals surface area contributed by atoms with E-state index in [4.69, 9.17) is 9.47 Å². The zero-order valence-corrected chi connectivity index (χ0v) is 90.3. The van der Waals surface area contributed by atoms with E-state index < -0.39 is 49.9 Å². The second-order valence-electron chi connectivity index (χ2n) is 41.2. The van der Waals surface area contributed by atoms with Crippen LogP contribution in [0, 0.1) is 27.7 Å². The van der Waals surface area contributed by atoms with Gasteiger partial charge in [0.2, 0.25) is 42.8 Å². The molecule has 6 unspecified atom stereocenters. The van der Waals surface area contributed by atoms with E-state index >= 15 is 0 Å². The van der Waals surface area contributed by atoms with Gasteiger partial charge in [-0.1, -0.05) is 265 Å². The highest BCUT2D eigenvalue weighted by Gasteiger charge is 2.49. The highest BCUT2D eigenvalue weighted by atomic mass is 35.5. The highest BCUT2D eigenvalue weighted by Crippen LogP contribution is 2.51. The number of morpholine rings is 1. The van der Waals surface area contributed by atoms with Gasteiger partial charge in [0.1, 0.15) is 24.5 Å². The maximum absolute atomic E-state index is 14.3. The van der Waals surface area contributed by atoms with Crippen molar-refractivity contribution in [3.63, 3.8) is 0 Å². The summed E-state index contributed by atoms with van der Waals surface area (Å²) in [6.45, 7) is 33.8. The van der Waals surface area contributed by atoms with Crippen molar-refractivity contribution in [2.75, 3.05) is 92.0 Å². The first-order chi connectivity index (χ1) is 70.1. The lowest BCUT2D eigenvalue weighted by Gasteiger charge is -2.46. The Balaban J connectivity index is 0.000000165. The molecule has 10 aromatic rings. The fourth-order valence-electron chi connectivity index (χ4n) is 21.6. The molecule has 147 heavy (non-hydrogen) atoms. The number of allylic oxidation sites excluding steroid dienone is 14. The lowest BCUT2D eigenvalue weighted by Crippen LogP contribution is -3.10. The minimum absolute atomic E-state index is 0. The maximum atomic E-state index is 14.3. The number of halogens is 1. The summed E-state index contributed by atoms with van der Waals surface area (Å²) >= 11 is 0. The molecule has 766 valence electrons. The van der Waals surface area contributed by atoms with Gasteiger partial charge in [0.05, 0.1) is 61.4 Å². The Morgan fingerprint density at radius 1 is 0.585 bits per heavy atom. The van der Waals surface area contributed by atoms with Crippen LogP contribution in [-0.2, 0) is 58.3 Å². The molecule has 3 aliphatic heterocycles. The monoisotopic (exact) mass is 2030 g/mol. The maximum Gasteiger partial charge on any atom is 0.229 e. The fourth-order valence-corrected chi connectivity index (χ4v) is 22.7. The van der Waals surface area contributed by atoms with Crippen LogP contribution in [0.15, 0.2) is 360 Å². The Hall–Kier alpha value is -13.1. The first-order valence-corrected chi connectivity index (χ1v) is 55.5. The third-order valence-electron chi connectivity index (χ3n) is 29.4. The Bertz CT molecular complexity index is 7020. The average Bonchev–Trinajstić information content (AvgIpc) is 1.68. The topological polar surface area (TPSA) is 214 Å². The van der Waals surface area contributed by atoms with E-state index in [1.807, 2.05) is 140 Å². The van der Waals surface area contributed by atoms with E-state index in [0.717, 1.165) is 140 Å². The molecule has 1 saturated heterocycles. The van der Waals surface area contributed by atoms with Crippen LogP contribution in [0.25, 0.3) is 0 Å². The molecule has 19 nitrogen and oxygen atoms in total. The molecule has 0 radical (unpaired) electrons. The number of nitrogens with one attached hydrogen (secondary N) is 3. The number of carbonyl (C=O) groups excluding carboxylic acids is 2. The summed E-state index contributed by atoms with van der Waals surface area (Å²) < 4.78 is 71.7. The van der Waals surface area contributed by atoms with E-state index in [-0.39, 0.29) is 57.1 Å². The van der Waals surface area contributed by atoms with Gasteiger partial charge >= 0.3 is 0 Å². The predicted molar refractivity (Wildman–Crippen MR) is 594 cm³/mol. The standard InChI is InChI=1S/C44H38N2O2.C41H55N3O.C40H47N4O7S2.ClH/c1-29-5-17-35(18-6-29)45(36-19-7-30(2)8-20-36)39-25-13-33(14-26-39)41-43(47)42(44(41)48)34-15-27-40(28-16-34)46(37-21-9-31(3)10-22-37)38-23-11-32(4)12-24-38;1-7-9-25-43-35-17-13-11-15-33(35)40(3,4)37(43)23-21-31-19-20-32(39(31)42-27-29-45-30-28-42)22-24-38-41(5,6)34-16-12-14-18-36(34)44(38)26-10-8-2;1-7-8-15-20-51-36-22-31(33(42-53(6,49)50)24-35(36)44(4)26-29-18-13-10-14-19-29)38-39(45)37(40(38)46)30-21-27(2)34(23-32(30)41-52(5,47)48)43(3)25-28-16-11-9-12-17-28;/h5-28,41,43H,1-4H3;11-18,21-24,37H,7-10,19-20,25-30H2,1-6H3;9-14,16-19,21-24,38-39,42H,7-8,15,20,25-26H2,1-6H3;1H/q;;-1;/p+1/b;23-21+,32-22+,38-24+;37-30+;. The van der Waals surface area contributed by atoms with E-state index in [9.17, 15) is 36.6 Å². The highest BCUT2D eigenvalue weighted by molar-refractivity contribution is 7.92. The number of fused-ring (bicyclic) bond motifs is 2. The summed E-state index contributed by atoms with van der Waals surface area (Å²) in [4.78, 5) is 38.7. The zero-order chi connectivity index (χ0) is 103. The normalized spacial score (nSPS) is 20.6. The van der Waals surface area contributed by atoms with Crippen molar-refractivity contribution >= 4 is 94.2 Å². The fraction of sp³-hybridized carbons (Fsp3) is 0.328. The van der Waals surface area contributed by atoms with Gasteiger partial charge in [-0.25, -0.2) is 21.4 Å². The number of benzene rings is 10. The van der Waals surface area contributed by atoms with Gasteiger partial charge in [-0.05, 0) is 222 Å². The van der Waals surface area contributed by atoms with Gasteiger partial charge in [0.15, 0.2) is 18.1 Å². The first-order valence-electron chi connectivity index (χ1n) is 51.7. The van der Waals surface area contributed by atoms with Gasteiger partial charge < -0.3 is 51.7 Å². The smallest absolute Gasteiger partial charge is 0.229 e. The molecule has 3 heterocycles. The van der Waals surface area contributed by atoms with Crippen molar-refractivity contribution in [3.05, 3.63) is 415 Å². The molecule has 8 aliphatic rings. The van der Waals surface area contributed by atoms with Crippen LogP contribution >= 0.6 is 0 Å². The van der Waals surface area contributed by atoms with Crippen LogP contribution in [0.4, 0.5) is 51.2 Å². The first kappa shape index (κ1) is 108. The van der Waals surface area contributed by atoms with Gasteiger partial charge in [0.25, 0.3) is 0 Å². The van der Waals surface area contributed by atoms with Crippen molar-refractivity contribution in [1.29, 1.82) is 0 Å². The average molecular weight is 2030 g/mol. The summed E-state index contributed by atoms with van der Waals surface area (Å²) in [7, 11) is -3.90. The minimum Gasteiger partial charge on any atom is -1.00 e. The number of hydrogen-bond acceptors (Lipinski definition) is 14. The SMILES string of the molecule is CCCCCOc1cc(C2C(=O)/C(=C3\C=C(C)C(=[N+](C)Cc4ccccc4)C=C3NS(C)(=O)=O)C2[O-])c(NS(C)(=O)=O)cc1N(C)Cc1ccccc1.CCCCN1/C(=C/C=C2\CCC(/C=C/C3[NH+](CCCC)c4ccccc4C3(C)C)=C2N2CCOCC2)C(C)(C)c2ccccc21.Cc1ccc(N(c2ccc(C)cc2)c2ccc(C3C(=O)C(=C4C=CC(=[N+](c5ccc(C)cc5)c5ccc(C)cc5)C=C4)C3[O-])cc2)cc1.[Cl-]. The Morgan fingerprint density at radius 2 is 1.12 bits per heavy atom. The number of para-hydroxylation sites is 2. The third kappa shape index (κ3) is 24.7. The number of aryl methyl sites for hydroxylation is 4. The van der Waals surface area contributed by atoms with Gasteiger partial charge in [-0.3, -0.25) is 23.9 Å². The van der Waals surface area contributed by atoms with Crippen molar-refractivity contribution in [1.82, 2.24) is 14.2 Å². The van der Waals surface area contributed by atoms with E-state index in [1.54, 1.807) is 29.2 Å². The van der Waals surface area contributed by atoms with Crippen LogP contribution in [0.3, 0.4) is 0 Å². The predicted octanol–water partition coefficient (Wildman–Crippen LogP) is 18.8. The number of anilines is 6. The number of ether oxygens (including phenoxy) is 2. The molecule has 3 fully saturated rings. The number of hydrogen-bond donors (Lipinski definition) is 3. The summed E-state index contributed by atoms with van der Waals surface area (Å²) in [5, 5.41) is 27.9. The molecule has 0 aromatic heterocycles. The summed E-state index contributed by atoms with van der Waals surface area (Å²) in [6, 6.07) is 83.0. The van der Waals surface area contributed by atoms with Gasteiger partial charge in [-0.15, -0.1) is 0 Å². The molecule has 0 spiro atoms. The summed E-state index contributed by atoms with van der Waals surface area (Å²) in [6.07, 6.45) is 30.2. The molecular formula is C125H142ClN9O10S2. The van der Waals surface area contributed by atoms with Crippen LogP contribution in [0.5, 0.6) is 5.75 Å². The van der Waals surface area contributed by atoms with Crippen molar-refractivity contribution in [2.45, 2.75) is 195 Å². The molecule has 22 heteroatoms. The van der Waals surface area contributed by atoms with E-state index in [2.05, 4.69) is 275 Å². The number of ketones is 2. The molecule has 3 N–H and O–H groups in total. The number of nitrogens with zero attached hydrogens (tertiary/aromatic N) is 6. The number of Topliss-reactive ketones (excluding diaryl/α,β-unsaturated/α-hetero) is 2. The minimum atomic E-state index is -3.84. The molecule has 18 rings (SSSR count). The number of unbranched alkanes of at least 4 members (excludes halogenated alkanes) is 4. The third-order valence-corrected chi connectivity index (χ3v) is 30.6. The molecule has 0 amide bonds. The summed E-state index contributed by atoms with van der Waals surface area (Å²) in [5.41, 5.74) is 29.1. The van der Waals surface area contributed by atoms with Gasteiger partial charge in [0, 0.05) is 149 Å². The number of rotatable bonds is 31. The van der Waals surface area contributed by atoms with Crippen molar-refractivity contribution < 1.29 is 68.0 Å². The summed E-state index contributed by atoms with van der Waals surface area (Å²) in [5.74, 6) is -2.16. The second-order valence-corrected chi connectivity index (χ2v) is 44.7. The molecule has 2 saturated carbocycles. The molecular weight excluding hydrogens is 1890 g/mol. The quantitative estimate of drug-likeness (QED) is 0.0209. The number of carbonyl (C=O) groups is 2. The molecule has 0 bridgehead atoms. The second kappa shape index (κ2) is 47.4. The number of sulfonamides is 2. The Labute approximate surface area is 878 Å². The largest absolute Gasteiger partial charge is 1.00 e. The Morgan fingerprint density at radius 3 is 1.69 bits per heavy atom. The van der Waals surface area contributed by atoms with E-state index in [1.165, 1.54) is 99.5 Å². The van der Waals surface area contributed by atoms with Crippen LogP contribution in [0.2, 0.25) is 0 Å². The zero-order valence-electron chi connectivity index (χ0n) is 87.9.